The van der Waals surface area contributed by atoms with Gasteiger partial charge in [-0.05, 0) is 102 Å². The van der Waals surface area contributed by atoms with Gasteiger partial charge in [0.15, 0.2) is 15.6 Å². The number of carbonyl (C=O) groups excluding carboxylic acids is 1. The number of benzene rings is 5. The Kier molecular flexibility index (Phi) is 25.9. The van der Waals surface area contributed by atoms with E-state index in [2.05, 4.69) is 64.5 Å². The molecule has 0 unspecified atom stereocenters. The van der Waals surface area contributed by atoms with E-state index in [0.717, 1.165) is 12.1 Å². The van der Waals surface area contributed by atoms with Gasteiger partial charge in [-0.25, -0.2) is 25.3 Å². The van der Waals surface area contributed by atoms with Crippen LogP contribution in [0, 0.1) is 0 Å². The minimum absolute atomic E-state index is 0. The number of azo groups is 1. The summed E-state index contributed by atoms with van der Waals surface area (Å²) < 4.78 is 106. The number of carbonyl (C=O) groups is 1. The summed E-state index contributed by atoms with van der Waals surface area (Å²) in [5.74, 6) is -1.93. The largest absolute Gasteiger partial charge is 1.00 e. The number of aromatic hydroxyl groups is 1. The van der Waals surface area contributed by atoms with Crippen LogP contribution in [0.4, 0.5) is 40.3 Å². The molecule has 1 aromatic heterocycles. The molecule has 6 aromatic rings. The molecule has 67 heavy (non-hydrogen) atoms. The molecule has 5 aromatic carbocycles. The molecule has 0 bridgehead atoms. The topological polar surface area (TPSA) is 336 Å². The molecule has 22 nitrogen and oxygen atoms in total. The summed E-state index contributed by atoms with van der Waals surface area (Å²) in [7, 11) is -10.0. The van der Waals surface area contributed by atoms with Crippen LogP contribution < -0.4 is 110 Å². The second-order valence-corrected chi connectivity index (χ2v) is 26.2. The number of anilines is 5. The maximum absolute atomic E-state index is 13.1. The summed E-state index contributed by atoms with van der Waals surface area (Å²) in [5, 5.41) is 42.5. The molecule has 340 valence electrons. The molecular weight excluding hydrogens is 1260 g/mol. The fraction of sp³-hybridized carbons (Fsp3) is 0.0588. The number of hydrogen-bond acceptors (Lipinski definition) is 23. The molecular formula is C34H26ClI2N8Na3O14S5. The maximum atomic E-state index is 13.1. The first-order valence-corrected chi connectivity index (χ1v) is 31.9. The second kappa shape index (κ2) is 28.8. The Bertz CT molecular complexity index is 3090. The third kappa shape index (κ3) is 19.4. The van der Waals surface area contributed by atoms with Gasteiger partial charge < -0.3 is 35.4 Å². The minimum Gasteiger partial charge on any atom is 1.00 e. The van der Waals surface area contributed by atoms with Crippen LogP contribution in [-0.2, 0) is 43.9 Å². The molecule has 0 aliphatic carbocycles. The number of sulfone groups is 1. The number of aromatic nitrogens is 3. The molecule has 4 N–H and O–H groups in total. The predicted molar refractivity (Wildman–Crippen MR) is 251 cm³/mol. The van der Waals surface area contributed by atoms with E-state index in [9.17, 15) is 49.5 Å². The average molecular weight is 1290 g/mol. The fourth-order valence-corrected chi connectivity index (χ4v) is 7.87. The fourth-order valence-electron chi connectivity index (χ4n) is 5.22. The van der Waals surface area contributed by atoms with Gasteiger partial charge in [0.1, 0.15) is 15.8 Å². The van der Waals surface area contributed by atoms with Crippen LogP contribution in [0.25, 0.3) is 10.8 Å². The van der Waals surface area contributed by atoms with Crippen molar-refractivity contribution >= 4 is 155 Å². The SMILES string of the molecule is O=C(Nc1ccc(S(=O)(=O)CCOS(=O)(=O)[O-])cc1)c1cccc(N=Nc2c(SOO[O-])cc3cc(Nc4nc(Cl)nc(Nc5cccc(S(=O)(=O)[O-])c5)n4)ccc3c2O)c1.[2H]I(S)I.[Na+].[Na+].[Na+]. The van der Waals surface area contributed by atoms with Gasteiger partial charge in [-0.15, -0.1) is 5.11 Å². The molecule has 0 spiro atoms. The molecule has 0 aliphatic heterocycles. The summed E-state index contributed by atoms with van der Waals surface area (Å²) in [6.45, 7) is -0.867. The third-order valence-electron chi connectivity index (χ3n) is 7.87. The number of nitrogens with zero attached hydrogens (tertiary/aromatic N) is 5. The molecule has 0 atom stereocenters. The number of hydrogen-bond donors (Lipinski definition) is 5. The first kappa shape index (κ1) is 60.2. The number of halogens is 3. The van der Waals surface area contributed by atoms with Gasteiger partial charge in [0, 0.05) is 28.0 Å². The van der Waals surface area contributed by atoms with Crippen molar-refractivity contribution in [2.45, 2.75) is 14.7 Å². The van der Waals surface area contributed by atoms with Gasteiger partial charge in [0.05, 0.1) is 44.8 Å². The van der Waals surface area contributed by atoms with Crippen molar-refractivity contribution in [1.29, 1.82) is 0.594 Å². The van der Waals surface area contributed by atoms with Crippen molar-refractivity contribution in [1.82, 2.24) is 15.0 Å². The van der Waals surface area contributed by atoms with Crippen molar-refractivity contribution in [3.8, 4) is 5.75 Å². The number of rotatable bonds is 17. The van der Waals surface area contributed by atoms with E-state index in [1.54, 1.807) is 12.1 Å². The number of phenols is 1. The number of fused-ring (bicyclic) bond motifs is 1. The summed E-state index contributed by atoms with van der Waals surface area (Å²) in [4.78, 5) is 24.7. The van der Waals surface area contributed by atoms with Crippen LogP contribution >= 0.6 is 67.7 Å². The Morgan fingerprint density at radius 1 is 0.851 bits per heavy atom. The van der Waals surface area contributed by atoms with Gasteiger partial charge in [0.2, 0.25) is 27.6 Å². The van der Waals surface area contributed by atoms with Gasteiger partial charge in [-0.3, -0.25) is 14.0 Å². The van der Waals surface area contributed by atoms with Crippen molar-refractivity contribution in [2.75, 3.05) is 28.3 Å². The zero-order valence-corrected chi connectivity index (χ0v) is 49.6. The van der Waals surface area contributed by atoms with E-state index in [0.29, 0.717) is 23.1 Å². The summed E-state index contributed by atoms with van der Waals surface area (Å²) in [5.41, 5.74) is 0.877. The Morgan fingerprint density at radius 2 is 1.46 bits per heavy atom. The van der Waals surface area contributed by atoms with Crippen molar-refractivity contribution in [3.63, 3.8) is 0 Å². The first-order chi connectivity index (χ1) is 30.6. The normalized spacial score (nSPS) is 11.7. The van der Waals surface area contributed by atoms with E-state index in [4.69, 9.17) is 12.2 Å². The van der Waals surface area contributed by atoms with Crippen molar-refractivity contribution in [3.05, 3.63) is 108 Å². The Hall–Kier alpha value is -1.10. The van der Waals surface area contributed by atoms with Crippen molar-refractivity contribution in [2.24, 2.45) is 10.2 Å². The number of amides is 1. The smallest absolute Gasteiger partial charge is 1.00 e. The quantitative estimate of drug-likeness (QED) is 0.00746. The van der Waals surface area contributed by atoms with E-state index in [-0.39, 0.29) is 155 Å². The van der Waals surface area contributed by atoms with E-state index >= 15 is 0 Å². The summed E-state index contributed by atoms with van der Waals surface area (Å²) >= 11 is 7.20. The number of thiol groups is 1. The molecule has 6 rings (SSSR count). The Morgan fingerprint density at radius 3 is 2.07 bits per heavy atom. The Balaban J connectivity index is 0.00000218. The Labute approximate surface area is 482 Å². The van der Waals surface area contributed by atoms with E-state index < -0.39 is 69.2 Å². The molecule has 0 fully saturated rings. The number of phenolic OH excluding ortho intramolecular Hbond substituents is 1. The zero-order valence-electron chi connectivity index (χ0n) is 35.4. The van der Waals surface area contributed by atoms with E-state index in [1.165, 1.54) is 72.8 Å². The summed E-state index contributed by atoms with van der Waals surface area (Å²) in [6.07, 6.45) is 0. The number of nitrogens with one attached hydrogen (secondary N) is 3. The van der Waals surface area contributed by atoms with Gasteiger partial charge in [-0.2, -0.15) is 24.4 Å². The third-order valence-corrected chi connectivity index (χ3v) is 11.6. The van der Waals surface area contributed by atoms with Crippen LogP contribution in [0.15, 0.2) is 122 Å². The molecule has 0 radical (unpaired) electrons. The van der Waals surface area contributed by atoms with Crippen LogP contribution in [-0.4, -0.2) is 73.3 Å². The predicted octanol–water partition coefficient (Wildman–Crippen LogP) is -2.18. The zero-order chi connectivity index (χ0) is 47.5. The maximum Gasteiger partial charge on any atom is 1.00 e. The van der Waals surface area contributed by atoms with Gasteiger partial charge in [-0.1, -0.05) is 12.1 Å². The second-order valence-electron chi connectivity index (χ2n) is 12.1. The molecule has 1 heterocycles. The standard InChI is InChI=1S/C34H27ClN8O14S4.H2I2S.3Na/c35-32-39-33(37-22-4-2-6-26(18-22)60(49,50)51)41-34(40-32)38-23-9-12-27-20(16-23)17-28(58-57-56-46)29(30(27)44)43-42-24-5-1-3-19(15-24)31(45)36-21-7-10-25(11-8-21)59(47,48)14-13-55-61(52,53)54;1-2-3;;;/h1-12,15-18,44,46H,13-14H2,(H,36,45)(H,49,50,51)(H,52,53,54)(H2,37,38,39,40,41);2-3H;;;/q;;3*+1/p-3/i;2D;;;. The monoisotopic (exact) mass is 1290 g/mol. The molecule has 33 heteroatoms. The minimum atomic E-state index is -5.06. The van der Waals surface area contributed by atoms with E-state index in [1.807, 2.05) is 18.6 Å². The molecule has 0 saturated carbocycles. The molecule has 0 saturated heterocycles. The van der Waals surface area contributed by atoms with Gasteiger partial charge >= 0.3 is 133 Å². The van der Waals surface area contributed by atoms with Crippen LogP contribution in [0.1, 0.15) is 10.4 Å². The summed E-state index contributed by atoms with van der Waals surface area (Å²) in [6, 6.07) is 21.9. The molecule has 0 aliphatic rings. The average Bonchev–Trinajstić information content (AvgIpc) is 3.21. The van der Waals surface area contributed by atoms with Gasteiger partial charge in [0.25, 0.3) is 5.91 Å². The molecule has 1 amide bonds. The first-order valence-electron chi connectivity index (χ1n) is 17.3. The van der Waals surface area contributed by atoms with Crippen molar-refractivity contribution < 1.29 is 152 Å². The van der Waals surface area contributed by atoms with Crippen LogP contribution in [0.3, 0.4) is 0 Å². The van der Waals surface area contributed by atoms with Crippen LogP contribution in [0.5, 0.6) is 5.75 Å². The van der Waals surface area contributed by atoms with Crippen LogP contribution in [0.2, 0.25) is 5.28 Å².